The predicted octanol–water partition coefficient (Wildman–Crippen LogP) is 2.96. The zero-order valence-electron chi connectivity index (χ0n) is 11.8. The Hall–Kier alpha value is -1.19. The first-order valence-electron chi connectivity index (χ1n) is 7.87. The lowest BCUT2D eigenvalue weighted by molar-refractivity contribution is 0.355. The van der Waals surface area contributed by atoms with Gasteiger partial charge in [-0.1, -0.05) is 44.9 Å². The molecule has 4 nitrogen and oxygen atoms in total. The number of nitrogens with two attached hydrogens (primary N) is 2. The molecule has 106 valence electrons. The molecule has 2 saturated carbocycles. The standard InChI is InChI=1S/C15H26N4/c16-14-13(10-11-6-2-1-3-7-11)18-15(19(14)17)12-8-4-5-9-12/h11-12H,1-10,16-17H2. The second-order valence-electron chi connectivity index (χ2n) is 6.36. The maximum Gasteiger partial charge on any atom is 0.146 e. The lowest BCUT2D eigenvalue weighted by atomic mass is 9.86. The molecule has 19 heavy (non-hydrogen) atoms. The summed E-state index contributed by atoms with van der Waals surface area (Å²) in [6, 6.07) is 0. The third kappa shape index (κ3) is 2.58. The molecule has 2 fully saturated rings. The molecule has 1 aromatic rings. The highest BCUT2D eigenvalue weighted by Crippen LogP contribution is 2.35. The highest BCUT2D eigenvalue weighted by atomic mass is 15.4. The normalized spacial score (nSPS) is 22.1. The molecule has 4 heteroatoms. The molecule has 0 bridgehead atoms. The first-order chi connectivity index (χ1) is 9.25. The number of nitrogen functional groups attached to an aromatic ring is 2. The minimum atomic E-state index is 0.535. The van der Waals surface area contributed by atoms with Crippen molar-refractivity contribution < 1.29 is 0 Å². The maximum atomic E-state index is 6.16. The van der Waals surface area contributed by atoms with Gasteiger partial charge in [0.15, 0.2) is 0 Å². The first-order valence-corrected chi connectivity index (χ1v) is 7.87. The Bertz CT molecular complexity index is 426. The molecule has 0 radical (unpaired) electrons. The van der Waals surface area contributed by atoms with E-state index in [0.29, 0.717) is 11.7 Å². The van der Waals surface area contributed by atoms with Crippen molar-refractivity contribution in [1.82, 2.24) is 9.66 Å². The van der Waals surface area contributed by atoms with Gasteiger partial charge in [-0.15, -0.1) is 0 Å². The lowest BCUT2D eigenvalue weighted by Gasteiger charge is -2.20. The Balaban J connectivity index is 1.75. The van der Waals surface area contributed by atoms with E-state index < -0.39 is 0 Å². The van der Waals surface area contributed by atoms with Gasteiger partial charge in [0.2, 0.25) is 0 Å². The van der Waals surface area contributed by atoms with Crippen LogP contribution in [0.25, 0.3) is 0 Å². The van der Waals surface area contributed by atoms with E-state index in [-0.39, 0.29) is 0 Å². The largest absolute Gasteiger partial charge is 0.382 e. The van der Waals surface area contributed by atoms with Crippen LogP contribution in [0.15, 0.2) is 0 Å². The van der Waals surface area contributed by atoms with Gasteiger partial charge in [-0.25, -0.2) is 9.66 Å². The van der Waals surface area contributed by atoms with Crippen molar-refractivity contribution in [2.45, 2.75) is 70.1 Å². The number of aromatic nitrogens is 2. The fourth-order valence-electron chi connectivity index (χ4n) is 3.80. The predicted molar refractivity (Wildman–Crippen MR) is 78.3 cm³/mol. The highest BCUT2D eigenvalue weighted by molar-refractivity contribution is 5.39. The van der Waals surface area contributed by atoms with E-state index in [1.54, 1.807) is 4.68 Å². The molecule has 1 aromatic heterocycles. The van der Waals surface area contributed by atoms with Crippen LogP contribution in [0.5, 0.6) is 0 Å². The number of hydrogen-bond donors (Lipinski definition) is 2. The van der Waals surface area contributed by atoms with Crippen molar-refractivity contribution in [3.63, 3.8) is 0 Å². The van der Waals surface area contributed by atoms with Gasteiger partial charge in [0.25, 0.3) is 0 Å². The van der Waals surface area contributed by atoms with Gasteiger partial charge in [-0.3, -0.25) is 0 Å². The van der Waals surface area contributed by atoms with Crippen molar-refractivity contribution >= 4 is 5.82 Å². The first kappa shape index (κ1) is 12.8. The van der Waals surface area contributed by atoms with E-state index >= 15 is 0 Å². The van der Waals surface area contributed by atoms with E-state index in [0.717, 1.165) is 23.9 Å². The molecule has 0 unspecified atom stereocenters. The summed E-state index contributed by atoms with van der Waals surface area (Å²) in [6.45, 7) is 0. The van der Waals surface area contributed by atoms with E-state index in [2.05, 4.69) is 0 Å². The Morgan fingerprint density at radius 2 is 1.63 bits per heavy atom. The van der Waals surface area contributed by atoms with Crippen molar-refractivity contribution in [1.29, 1.82) is 0 Å². The zero-order valence-corrected chi connectivity index (χ0v) is 11.8. The minimum Gasteiger partial charge on any atom is -0.382 e. The SMILES string of the molecule is Nc1c(CC2CCCCC2)nc(C2CCCC2)n1N. The van der Waals surface area contributed by atoms with Crippen LogP contribution in [0.2, 0.25) is 0 Å². The smallest absolute Gasteiger partial charge is 0.146 e. The third-order valence-corrected chi connectivity index (χ3v) is 4.98. The average molecular weight is 262 g/mol. The summed E-state index contributed by atoms with van der Waals surface area (Å²) in [4.78, 5) is 4.80. The molecule has 4 N–H and O–H groups in total. The van der Waals surface area contributed by atoms with E-state index in [4.69, 9.17) is 16.6 Å². The molecular weight excluding hydrogens is 236 g/mol. The van der Waals surface area contributed by atoms with Gasteiger partial charge in [0.05, 0.1) is 5.69 Å². The van der Waals surface area contributed by atoms with Crippen LogP contribution in [-0.2, 0) is 6.42 Å². The van der Waals surface area contributed by atoms with Gasteiger partial charge < -0.3 is 11.6 Å². The van der Waals surface area contributed by atoms with E-state index in [1.165, 1.54) is 57.8 Å². The van der Waals surface area contributed by atoms with E-state index in [9.17, 15) is 0 Å². The van der Waals surface area contributed by atoms with Gasteiger partial charge in [-0.05, 0) is 25.2 Å². The zero-order chi connectivity index (χ0) is 13.2. The Morgan fingerprint density at radius 1 is 1.00 bits per heavy atom. The molecule has 0 atom stereocenters. The highest BCUT2D eigenvalue weighted by Gasteiger charge is 2.25. The Kier molecular flexibility index (Phi) is 3.67. The van der Waals surface area contributed by atoms with Crippen molar-refractivity contribution in [3.8, 4) is 0 Å². The van der Waals surface area contributed by atoms with Crippen molar-refractivity contribution in [3.05, 3.63) is 11.5 Å². The lowest BCUT2D eigenvalue weighted by Crippen LogP contribution is -2.17. The molecule has 0 saturated heterocycles. The molecule has 1 heterocycles. The number of nitrogens with zero attached hydrogens (tertiary/aromatic N) is 2. The van der Waals surface area contributed by atoms with Gasteiger partial charge in [0.1, 0.15) is 11.6 Å². The third-order valence-electron chi connectivity index (χ3n) is 4.98. The summed E-state index contributed by atoms with van der Waals surface area (Å²) in [7, 11) is 0. The van der Waals surface area contributed by atoms with Crippen molar-refractivity contribution in [2.75, 3.05) is 11.6 Å². The molecule has 3 rings (SSSR count). The quantitative estimate of drug-likeness (QED) is 0.823. The summed E-state index contributed by atoms with van der Waals surface area (Å²) >= 11 is 0. The summed E-state index contributed by atoms with van der Waals surface area (Å²) in [5, 5.41) is 0. The fraction of sp³-hybridized carbons (Fsp3) is 0.800. The second-order valence-corrected chi connectivity index (χ2v) is 6.36. The molecule has 0 aliphatic heterocycles. The molecular formula is C15H26N4. The van der Waals surface area contributed by atoms with Gasteiger partial charge in [0, 0.05) is 5.92 Å². The molecule has 0 amide bonds. The monoisotopic (exact) mass is 262 g/mol. The summed E-state index contributed by atoms with van der Waals surface area (Å²) < 4.78 is 1.66. The number of hydrogen-bond acceptors (Lipinski definition) is 3. The van der Waals surface area contributed by atoms with Crippen LogP contribution in [0.4, 0.5) is 5.82 Å². The minimum absolute atomic E-state index is 0.535. The average Bonchev–Trinajstić information content (AvgIpc) is 3.04. The van der Waals surface area contributed by atoms with Crippen molar-refractivity contribution in [2.24, 2.45) is 5.92 Å². The molecule has 0 spiro atoms. The topological polar surface area (TPSA) is 69.9 Å². The number of imidazole rings is 1. The van der Waals surface area contributed by atoms with Gasteiger partial charge in [-0.2, -0.15) is 0 Å². The fourth-order valence-corrected chi connectivity index (χ4v) is 3.80. The van der Waals surface area contributed by atoms with E-state index in [1.807, 2.05) is 0 Å². The molecule has 0 aromatic carbocycles. The van der Waals surface area contributed by atoms with Gasteiger partial charge >= 0.3 is 0 Å². The molecule has 2 aliphatic carbocycles. The summed E-state index contributed by atoms with van der Waals surface area (Å²) in [5.74, 6) is 9.15. The van der Waals surface area contributed by atoms with Crippen LogP contribution in [0.3, 0.4) is 0 Å². The van der Waals surface area contributed by atoms with Crippen LogP contribution >= 0.6 is 0 Å². The summed E-state index contributed by atoms with van der Waals surface area (Å²) in [5.41, 5.74) is 7.22. The Morgan fingerprint density at radius 3 is 2.32 bits per heavy atom. The van der Waals surface area contributed by atoms with Crippen LogP contribution in [-0.4, -0.2) is 9.66 Å². The maximum absolute atomic E-state index is 6.16. The molecule has 2 aliphatic rings. The number of rotatable bonds is 3. The van der Waals surface area contributed by atoms with Crippen LogP contribution in [0, 0.1) is 5.92 Å². The number of anilines is 1. The van der Waals surface area contributed by atoms with Crippen LogP contribution in [0.1, 0.15) is 75.2 Å². The second kappa shape index (κ2) is 5.43. The van der Waals surface area contributed by atoms with Crippen LogP contribution < -0.4 is 11.6 Å². The summed E-state index contributed by atoms with van der Waals surface area (Å²) in [6.07, 6.45) is 12.8. The Labute approximate surface area is 115 Å².